The van der Waals surface area contributed by atoms with Gasteiger partial charge in [-0.2, -0.15) is 0 Å². The van der Waals surface area contributed by atoms with E-state index in [1.54, 1.807) is 13.1 Å². The monoisotopic (exact) mass is 496 g/mol. The Kier molecular flexibility index (Phi) is 9.38. The largest absolute Gasteiger partial charge is 0.390 e. The van der Waals surface area contributed by atoms with E-state index in [1.165, 1.54) is 6.07 Å². The molecule has 0 saturated carbocycles. The number of halogens is 2. The fourth-order valence-corrected chi connectivity index (χ4v) is 4.05. The lowest BCUT2D eigenvalue weighted by molar-refractivity contribution is 0.254. The summed E-state index contributed by atoms with van der Waals surface area (Å²) in [5.74, 6) is -1.20. The van der Waals surface area contributed by atoms with Gasteiger partial charge in [0.2, 0.25) is 0 Å². The molecule has 192 valence electrons. The average Bonchev–Trinajstić information content (AvgIpc) is 2.87. The molecule has 1 aliphatic heterocycles. The molecule has 2 aromatic rings. The highest BCUT2D eigenvalue weighted by atomic mass is 19.1. The van der Waals surface area contributed by atoms with E-state index >= 15 is 4.39 Å². The molecule has 8 nitrogen and oxygen atoms in total. The van der Waals surface area contributed by atoms with Crippen molar-refractivity contribution in [2.24, 2.45) is 21.6 Å². The van der Waals surface area contributed by atoms with Crippen LogP contribution in [0.2, 0.25) is 0 Å². The molecule has 1 aliphatic rings. The summed E-state index contributed by atoms with van der Waals surface area (Å²) in [5.41, 5.74) is 8.25. The number of nitrogens with zero attached hydrogens (tertiary/aromatic N) is 4. The third kappa shape index (κ3) is 6.38. The second-order valence-electron chi connectivity index (χ2n) is 8.84. The van der Waals surface area contributed by atoms with E-state index in [2.05, 4.69) is 30.5 Å². The molecule has 0 saturated heterocycles. The summed E-state index contributed by atoms with van der Waals surface area (Å²) in [7, 11) is 3.51. The molecular formula is C26H34F2N8. The second-order valence-corrected chi connectivity index (χ2v) is 8.84. The van der Waals surface area contributed by atoms with Gasteiger partial charge in [0.05, 0.1) is 18.2 Å². The molecule has 2 heterocycles. The van der Waals surface area contributed by atoms with Gasteiger partial charge in [-0.15, -0.1) is 0 Å². The van der Waals surface area contributed by atoms with Crippen molar-refractivity contribution >= 4 is 35.5 Å². The van der Waals surface area contributed by atoms with Crippen LogP contribution in [0.15, 0.2) is 40.1 Å². The van der Waals surface area contributed by atoms with Crippen molar-refractivity contribution in [1.82, 2.24) is 15.2 Å². The highest BCUT2D eigenvalue weighted by molar-refractivity contribution is 6.05. The molecule has 0 fully saturated rings. The molecule has 0 bridgehead atoms. The lowest BCUT2D eigenvalue weighted by atomic mass is 9.95. The number of benzene rings is 1. The summed E-state index contributed by atoms with van der Waals surface area (Å²) in [6.07, 6.45) is 2.75. The number of aromatic nitrogens is 1. The second kappa shape index (κ2) is 12.5. The quantitative estimate of drug-likeness (QED) is 0.294. The van der Waals surface area contributed by atoms with E-state index in [9.17, 15) is 4.39 Å². The summed E-state index contributed by atoms with van der Waals surface area (Å²) in [6, 6.07) is 6.41. The maximum Gasteiger partial charge on any atom is 0.167 e. The Labute approximate surface area is 210 Å². The first-order chi connectivity index (χ1) is 17.3. The van der Waals surface area contributed by atoms with Crippen LogP contribution in [0.25, 0.3) is 5.70 Å². The Morgan fingerprint density at radius 1 is 1.31 bits per heavy atom. The Morgan fingerprint density at radius 3 is 2.75 bits per heavy atom. The van der Waals surface area contributed by atoms with Gasteiger partial charge in [-0.25, -0.2) is 23.7 Å². The maximum absolute atomic E-state index is 15.3. The van der Waals surface area contributed by atoms with Crippen LogP contribution in [-0.2, 0) is 13.0 Å². The molecule has 1 aromatic heterocycles. The van der Waals surface area contributed by atoms with E-state index in [0.29, 0.717) is 11.4 Å². The van der Waals surface area contributed by atoms with Crippen LogP contribution >= 0.6 is 0 Å². The number of likely N-dealkylation sites (N-methyl/N-ethyl adjacent to an activating group) is 1. The Morgan fingerprint density at radius 2 is 2.08 bits per heavy atom. The molecule has 0 atom stereocenters. The summed E-state index contributed by atoms with van der Waals surface area (Å²) < 4.78 is 30.1. The molecule has 3 rings (SSSR count). The van der Waals surface area contributed by atoms with Crippen molar-refractivity contribution in [3.05, 3.63) is 58.3 Å². The zero-order valence-electron chi connectivity index (χ0n) is 21.2. The van der Waals surface area contributed by atoms with E-state index < -0.39 is 11.6 Å². The molecule has 0 spiro atoms. The van der Waals surface area contributed by atoms with Crippen LogP contribution in [-0.4, -0.2) is 61.9 Å². The summed E-state index contributed by atoms with van der Waals surface area (Å²) in [6.45, 7) is 7.27. The Hall–Kier alpha value is -3.50. The molecular weight excluding hydrogens is 462 g/mol. The molecule has 5 N–H and O–H groups in total. The van der Waals surface area contributed by atoms with Gasteiger partial charge in [0.15, 0.2) is 11.6 Å². The van der Waals surface area contributed by atoms with Crippen LogP contribution in [0.4, 0.5) is 20.3 Å². The van der Waals surface area contributed by atoms with Crippen LogP contribution in [0, 0.1) is 17.1 Å². The van der Waals surface area contributed by atoms with E-state index in [1.807, 2.05) is 27.0 Å². The SMILES string of the molecule is CNCCN1CCc2nc(N=C/C(F)=C(\N=CN)c3cc(F)c(NC)c(C(=N)C(C)C)c3)ccc2C1. The van der Waals surface area contributed by atoms with Gasteiger partial charge in [0, 0.05) is 62.2 Å². The molecule has 1 aromatic carbocycles. The predicted octanol–water partition coefficient (Wildman–Crippen LogP) is 3.89. The number of hydrogen-bond donors (Lipinski definition) is 4. The van der Waals surface area contributed by atoms with Gasteiger partial charge >= 0.3 is 0 Å². The van der Waals surface area contributed by atoms with Crippen LogP contribution < -0.4 is 16.4 Å². The van der Waals surface area contributed by atoms with Gasteiger partial charge in [-0.1, -0.05) is 19.9 Å². The minimum absolute atomic E-state index is 0.151. The van der Waals surface area contributed by atoms with Gasteiger partial charge in [-0.05, 0) is 36.7 Å². The zero-order chi connectivity index (χ0) is 26.2. The molecule has 0 unspecified atom stereocenters. The maximum atomic E-state index is 15.3. The summed E-state index contributed by atoms with van der Waals surface area (Å²) in [5, 5.41) is 14.3. The number of nitrogens with two attached hydrogens (primary N) is 1. The fourth-order valence-electron chi connectivity index (χ4n) is 4.05. The number of hydrogen-bond acceptors (Lipinski definition) is 7. The average molecular weight is 497 g/mol. The summed E-state index contributed by atoms with van der Waals surface area (Å²) >= 11 is 0. The number of nitrogens with one attached hydrogen (secondary N) is 3. The minimum atomic E-state index is -0.798. The first-order valence-electron chi connectivity index (χ1n) is 11.9. The van der Waals surface area contributed by atoms with Gasteiger partial charge in [-0.3, -0.25) is 4.90 Å². The third-order valence-corrected chi connectivity index (χ3v) is 6.01. The number of fused-ring (bicyclic) bond motifs is 1. The van der Waals surface area contributed by atoms with Gasteiger partial charge in [0.25, 0.3) is 0 Å². The van der Waals surface area contributed by atoms with Crippen molar-refractivity contribution in [3.63, 3.8) is 0 Å². The van der Waals surface area contributed by atoms with Gasteiger partial charge < -0.3 is 21.8 Å². The predicted molar refractivity (Wildman–Crippen MR) is 144 cm³/mol. The molecule has 10 heteroatoms. The molecule has 36 heavy (non-hydrogen) atoms. The first-order valence-corrected chi connectivity index (χ1v) is 11.9. The lowest BCUT2D eigenvalue weighted by Gasteiger charge is -2.27. The third-order valence-electron chi connectivity index (χ3n) is 6.01. The number of rotatable bonds is 10. The van der Waals surface area contributed by atoms with E-state index in [-0.39, 0.29) is 28.6 Å². The number of allylic oxidation sites excluding steroid dienone is 1. The first kappa shape index (κ1) is 27.1. The molecule has 0 radical (unpaired) electrons. The Bertz CT molecular complexity index is 1190. The van der Waals surface area contributed by atoms with Crippen LogP contribution in [0.1, 0.15) is 36.2 Å². The highest BCUT2D eigenvalue weighted by Crippen LogP contribution is 2.30. The highest BCUT2D eigenvalue weighted by Gasteiger charge is 2.20. The smallest absolute Gasteiger partial charge is 0.167 e. The standard InChI is InChI=1S/C26H34F2N8/c1-16(2)24(30)19-11-18(12-20(27)26(19)32-4)25(34-15-29)21(28)13-33-23-6-5-17-14-36(10-8-31-3)9-7-22(17)35-23/h5-6,11-13,15-16,30-32H,7-10,14H2,1-4H3,(H2,29,34)/b25-21+,30-24?,33-13?. The number of pyridine rings is 1. The van der Waals surface area contributed by atoms with E-state index in [4.69, 9.17) is 11.1 Å². The number of aliphatic imine (C=N–C) groups is 2. The van der Waals surface area contributed by atoms with Crippen LogP contribution in [0.5, 0.6) is 0 Å². The van der Waals surface area contributed by atoms with Gasteiger partial charge in [0.1, 0.15) is 11.5 Å². The topological polar surface area (TPSA) is 115 Å². The van der Waals surface area contributed by atoms with Crippen molar-refractivity contribution in [2.75, 3.05) is 39.0 Å². The normalized spacial score (nSPS) is 15.0. The van der Waals surface area contributed by atoms with E-state index in [0.717, 1.165) is 62.5 Å². The van der Waals surface area contributed by atoms with Crippen molar-refractivity contribution in [1.29, 1.82) is 5.41 Å². The lowest BCUT2D eigenvalue weighted by Crippen LogP contribution is -2.35. The molecule has 0 amide bonds. The molecule has 0 aliphatic carbocycles. The Balaban J connectivity index is 1.92. The van der Waals surface area contributed by atoms with Crippen LogP contribution in [0.3, 0.4) is 0 Å². The zero-order valence-corrected chi connectivity index (χ0v) is 21.2. The minimum Gasteiger partial charge on any atom is -0.390 e. The van der Waals surface area contributed by atoms with Crippen molar-refractivity contribution < 1.29 is 8.78 Å². The fraction of sp³-hybridized carbons (Fsp3) is 0.385. The summed E-state index contributed by atoms with van der Waals surface area (Å²) in [4.78, 5) is 15.1. The van der Waals surface area contributed by atoms with Crippen molar-refractivity contribution in [3.8, 4) is 0 Å². The number of anilines is 1. The van der Waals surface area contributed by atoms with Crippen molar-refractivity contribution in [2.45, 2.75) is 26.8 Å².